The molecule has 0 radical (unpaired) electrons. The second-order valence-corrected chi connectivity index (χ2v) is 7.48. The Morgan fingerprint density at radius 3 is 2.43 bits per heavy atom. The number of nitrogens with zero attached hydrogens (tertiary/aromatic N) is 4. The van der Waals surface area contributed by atoms with E-state index in [1.165, 1.54) is 0 Å². The number of aromatic nitrogens is 3. The normalized spacial score (nSPS) is 14.3. The molecule has 1 aliphatic rings. The minimum absolute atomic E-state index is 0.00889. The molecule has 4 rings (SSSR count). The summed E-state index contributed by atoms with van der Waals surface area (Å²) < 4.78 is 0. The van der Waals surface area contributed by atoms with Crippen LogP contribution in [0.4, 0.5) is 0 Å². The van der Waals surface area contributed by atoms with Gasteiger partial charge in [0, 0.05) is 42.5 Å². The van der Waals surface area contributed by atoms with Crippen molar-refractivity contribution in [1.29, 1.82) is 5.26 Å². The zero-order valence-electron chi connectivity index (χ0n) is 16.0. The number of likely N-dealkylation sites (tertiary alicyclic amines) is 1. The Hall–Kier alpha value is -3.50. The van der Waals surface area contributed by atoms with Crippen LogP contribution in [0.5, 0.6) is 0 Å². The molecule has 1 aliphatic heterocycles. The molecule has 1 saturated heterocycles. The van der Waals surface area contributed by atoms with Gasteiger partial charge in [-0.2, -0.15) is 5.26 Å². The molecule has 3 heterocycles. The van der Waals surface area contributed by atoms with Crippen molar-refractivity contribution < 1.29 is 4.79 Å². The van der Waals surface area contributed by atoms with Gasteiger partial charge in [-0.25, -0.2) is 4.98 Å². The Balaban J connectivity index is 1.51. The topological polar surface area (TPSA) is 103 Å². The molecule has 0 saturated carbocycles. The molecule has 0 unspecified atom stereocenters. The molecule has 1 fully saturated rings. The summed E-state index contributed by atoms with van der Waals surface area (Å²) in [6.07, 6.45) is 4.59. The van der Waals surface area contributed by atoms with Crippen molar-refractivity contribution in [2.24, 2.45) is 0 Å². The molecule has 0 spiro atoms. The molecule has 0 aliphatic carbocycles. The van der Waals surface area contributed by atoms with Gasteiger partial charge in [0.15, 0.2) is 0 Å². The summed E-state index contributed by atoms with van der Waals surface area (Å²) in [7, 11) is 0. The number of carbonyl (C=O) groups is 1. The minimum atomic E-state index is -0.371. The highest BCUT2D eigenvalue weighted by atomic mass is 35.5. The van der Waals surface area contributed by atoms with Crippen LogP contribution in [0.15, 0.2) is 53.6 Å². The Labute approximate surface area is 178 Å². The van der Waals surface area contributed by atoms with E-state index in [0.29, 0.717) is 48.6 Å². The van der Waals surface area contributed by atoms with Crippen LogP contribution in [0.3, 0.4) is 0 Å². The van der Waals surface area contributed by atoms with E-state index in [-0.39, 0.29) is 22.4 Å². The largest absolute Gasteiger partial charge is 0.339 e. The van der Waals surface area contributed by atoms with E-state index >= 15 is 0 Å². The van der Waals surface area contributed by atoms with Gasteiger partial charge in [0.05, 0.1) is 17.3 Å². The van der Waals surface area contributed by atoms with Gasteiger partial charge in [-0.05, 0) is 49.2 Å². The lowest BCUT2D eigenvalue weighted by Gasteiger charge is -2.32. The first-order valence-corrected chi connectivity index (χ1v) is 9.94. The number of rotatable bonds is 3. The van der Waals surface area contributed by atoms with Gasteiger partial charge in [0.2, 0.25) is 0 Å². The van der Waals surface area contributed by atoms with E-state index in [2.05, 4.69) is 15.0 Å². The van der Waals surface area contributed by atoms with Crippen LogP contribution in [-0.4, -0.2) is 38.8 Å². The van der Waals surface area contributed by atoms with Crippen molar-refractivity contribution in [2.45, 2.75) is 18.8 Å². The maximum atomic E-state index is 12.7. The van der Waals surface area contributed by atoms with Crippen LogP contribution in [-0.2, 0) is 0 Å². The molecular weight excluding hydrogens is 402 g/mol. The fourth-order valence-electron chi connectivity index (χ4n) is 3.62. The SMILES string of the molecule is N#Cc1ccc(C(=O)N2CCC(c3nc(-c4ccncc4)[nH]c(=O)c3Cl)CC2)cc1. The lowest BCUT2D eigenvalue weighted by molar-refractivity contribution is 0.0712. The molecule has 1 amide bonds. The molecular formula is C22H18ClN5O2. The Kier molecular flexibility index (Phi) is 5.59. The third-order valence-corrected chi connectivity index (χ3v) is 5.64. The summed E-state index contributed by atoms with van der Waals surface area (Å²) in [5.74, 6) is 0.378. The van der Waals surface area contributed by atoms with E-state index in [4.69, 9.17) is 16.9 Å². The van der Waals surface area contributed by atoms with Gasteiger partial charge in [-0.15, -0.1) is 0 Å². The Morgan fingerprint density at radius 2 is 1.80 bits per heavy atom. The summed E-state index contributed by atoms with van der Waals surface area (Å²) in [6.45, 7) is 1.08. The molecule has 1 aromatic carbocycles. The van der Waals surface area contributed by atoms with E-state index < -0.39 is 0 Å². The van der Waals surface area contributed by atoms with Crippen molar-refractivity contribution >= 4 is 17.5 Å². The van der Waals surface area contributed by atoms with Crippen LogP contribution in [0, 0.1) is 11.3 Å². The van der Waals surface area contributed by atoms with Crippen LogP contribution in [0.1, 0.15) is 40.4 Å². The second kappa shape index (κ2) is 8.47. The molecule has 150 valence electrons. The number of benzene rings is 1. The quantitative estimate of drug-likeness (QED) is 0.701. The van der Waals surface area contributed by atoms with Crippen molar-refractivity contribution in [2.75, 3.05) is 13.1 Å². The van der Waals surface area contributed by atoms with Crippen LogP contribution < -0.4 is 5.56 Å². The smallest absolute Gasteiger partial charge is 0.270 e. The number of H-pyrrole nitrogens is 1. The molecule has 3 aromatic rings. The highest BCUT2D eigenvalue weighted by Gasteiger charge is 2.28. The van der Waals surface area contributed by atoms with E-state index in [0.717, 1.165) is 5.56 Å². The molecule has 0 atom stereocenters. The number of nitrogens with one attached hydrogen (secondary N) is 1. The first-order chi connectivity index (χ1) is 14.6. The van der Waals surface area contributed by atoms with Crippen LogP contribution in [0.2, 0.25) is 5.02 Å². The maximum Gasteiger partial charge on any atom is 0.270 e. The second-order valence-electron chi connectivity index (χ2n) is 7.11. The predicted molar refractivity (Wildman–Crippen MR) is 112 cm³/mol. The van der Waals surface area contributed by atoms with Crippen molar-refractivity contribution in [3.63, 3.8) is 0 Å². The Bertz CT molecular complexity index is 1160. The standard InChI is InChI=1S/C22H18ClN5O2/c23-18-19(26-20(27-21(18)29)16-5-9-25-10-6-16)15-7-11-28(12-8-15)22(30)17-3-1-14(13-24)2-4-17/h1-6,9-10,15H,7-8,11-12H2,(H,26,27,29). The monoisotopic (exact) mass is 419 g/mol. The average molecular weight is 420 g/mol. The predicted octanol–water partition coefficient (Wildman–Crippen LogP) is 3.38. The van der Waals surface area contributed by atoms with E-state index in [1.807, 2.05) is 6.07 Å². The fraction of sp³-hybridized carbons (Fsp3) is 0.227. The lowest BCUT2D eigenvalue weighted by atomic mass is 9.92. The molecule has 2 aromatic heterocycles. The van der Waals surface area contributed by atoms with Gasteiger partial charge in [0.1, 0.15) is 10.8 Å². The summed E-state index contributed by atoms with van der Waals surface area (Å²) in [5, 5.41) is 9.00. The van der Waals surface area contributed by atoms with Gasteiger partial charge in [-0.1, -0.05) is 11.6 Å². The van der Waals surface area contributed by atoms with Gasteiger partial charge in [-0.3, -0.25) is 14.6 Å². The number of nitriles is 1. The van der Waals surface area contributed by atoms with E-state index in [1.54, 1.807) is 53.7 Å². The third kappa shape index (κ3) is 3.95. The number of aromatic amines is 1. The summed E-state index contributed by atoms with van der Waals surface area (Å²) in [4.78, 5) is 38.2. The minimum Gasteiger partial charge on any atom is -0.339 e. The molecule has 30 heavy (non-hydrogen) atoms. The van der Waals surface area contributed by atoms with Gasteiger partial charge >= 0.3 is 0 Å². The number of hydrogen-bond donors (Lipinski definition) is 1. The van der Waals surface area contributed by atoms with Crippen molar-refractivity contribution in [3.8, 4) is 17.5 Å². The summed E-state index contributed by atoms with van der Waals surface area (Å²) in [6, 6.07) is 12.2. The summed E-state index contributed by atoms with van der Waals surface area (Å²) >= 11 is 6.28. The highest BCUT2D eigenvalue weighted by molar-refractivity contribution is 6.31. The third-order valence-electron chi connectivity index (χ3n) is 5.27. The first kappa shape index (κ1) is 19.8. The summed E-state index contributed by atoms with van der Waals surface area (Å²) in [5.41, 5.74) is 2.03. The number of pyridine rings is 1. The van der Waals surface area contributed by atoms with Crippen molar-refractivity contribution in [3.05, 3.63) is 81.0 Å². The number of amides is 1. The number of carbonyl (C=O) groups excluding carboxylic acids is 1. The lowest BCUT2D eigenvalue weighted by Crippen LogP contribution is -2.38. The highest BCUT2D eigenvalue weighted by Crippen LogP contribution is 2.31. The van der Waals surface area contributed by atoms with Crippen LogP contribution in [0.25, 0.3) is 11.4 Å². The van der Waals surface area contributed by atoms with Gasteiger partial charge in [0.25, 0.3) is 11.5 Å². The zero-order valence-corrected chi connectivity index (χ0v) is 16.8. The number of hydrogen-bond acceptors (Lipinski definition) is 5. The molecule has 1 N–H and O–H groups in total. The van der Waals surface area contributed by atoms with Crippen LogP contribution >= 0.6 is 11.6 Å². The first-order valence-electron chi connectivity index (χ1n) is 9.56. The zero-order chi connectivity index (χ0) is 21.1. The van der Waals surface area contributed by atoms with E-state index in [9.17, 15) is 9.59 Å². The average Bonchev–Trinajstić information content (AvgIpc) is 2.81. The fourth-order valence-corrected chi connectivity index (χ4v) is 3.86. The van der Waals surface area contributed by atoms with Gasteiger partial charge < -0.3 is 9.88 Å². The Morgan fingerprint density at radius 1 is 1.13 bits per heavy atom. The molecule has 0 bridgehead atoms. The molecule has 8 heteroatoms. The molecule has 7 nitrogen and oxygen atoms in total. The van der Waals surface area contributed by atoms with Crippen molar-refractivity contribution in [1.82, 2.24) is 19.9 Å². The maximum absolute atomic E-state index is 12.7. The number of halogens is 1. The number of piperidine rings is 1.